The molecule has 0 spiro atoms. The largest absolute Gasteiger partial charge is 0.348 e. The average molecular weight is 564 g/mol. The number of carbonyl (C=O) groups excluding carboxylic acids is 2. The topological polar surface area (TPSA) is 86.8 Å². The number of urea groups is 1. The lowest BCUT2D eigenvalue weighted by Gasteiger charge is -2.40. The molecule has 0 bridgehead atoms. The second-order valence-corrected chi connectivity index (χ2v) is 11.5. The molecule has 3 aromatic rings. The summed E-state index contributed by atoms with van der Waals surface area (Å²) in [7, 11) is -1.95. The number of rotatable bonds is 7. The second kappa shape index (κ2) is 10.7. The normalized spacial score (nSPS) is 15.4. The smallest absolute Gasteiger partial charge is 0.325 e. The summed E-state index contributed by atoms with van der Waals surface area (Å²) >= 11 is 0. The molecule has 206 valence electrons. The lowest BCUT2D eigenvalue weighted by Crippen LogP contribution is -2.47. The van der Waals surface area contributed by atoms with Crippen LogP contribution in [0.25, 0.3) is 0 Å². The molecule has 0 saturated heterocycles. The van der Waals surface area contributed by atoms with Crippen molar-refractivity contribution in [1.29, 1.82) is 0 Å². The molecule has 0 fully saturated rings. The second-order valence-electron chi connectivity index (χ2n) is 9.41. The standard InChI is InChI=1S/C27H25F4N3O4S/c1-15-19-8-7-16(26(35)32-12-20-23(30)10-18(28)11-24(20)31)9-25(19)34(27(36)33(15)2)13-21-17(14-39(3,37)38)5-4-6-22(21)29/h4-11,15H,12-14H2,1-3H3,(H,32,35). The zero-order chi connectivity index (χ0) is 28.6. The van der Waals surface area contributed by atoms with Gasteiger partial charge in [0.1, 0.15) is 23.3 Å². The number of hydrogen-bond donors (Lipinski definition) is 1. The number of sulfone groups is 1. The summed E-state index contributed by atoms with van der Waals surface area (Å²) < 4.78 is 80.0. The predicted molar refractivity (Wildman–Crippen MR) is 137 cm³/mol. The molecule has 1 aliphatic heterocycles. The number of nitrogens with zero attached hydrogens (tertiary/aromatic N) is 2. The highest BCUT2D eigenvalue weighted by atomic mass is 32.2. The highest BCUT2D eigenvalue weighted by Gasteiger charge is 2.34. The summed E-state index contributed by atoms with van der Waals surface area (Å²) in [6.07, 6.45) is 1.02. The Labute approximate surface area is 223 Å². The molecule has 0 aliphatic carbocycles. The molecular weight excluding hydrogens is 538 g/mol. The summed E-state index contributed by atoms with van der Waals surface area (Å²) in [5.74, 6) is -5.23. The number of halogens is 4. The van der Waals surface area contributed by atoms with Crippen molar-refractivity contribution < 1.29 is 35.6 Å². The number of anilines is 1. The fraction of sp³-hybridized carbons (Fsp3) is 0.259. The molecule has 3 amide bonds. The van der Waals surface area contributed by atoms with Crippen molar-refractivity contribution in [3.8, 4) is 0 Å². The summed E-state index contributed by atoms with van der Waals surface area (Å²) in [6.45, 7) is 0.906. The number of fused-ring (bicyclic) bond motifs is 1. The monoisotopic (exact) mass is 563 g/mol. The van der Waals surface area contributed by atoms with Crippen LogP contribution in [-0.4, -0.2) is 38.6 Å². The van der Waals surface area contributed by atoms with Crippen molar-refractivity contribution in [2.75, 3.05) is 18.2 Å². The molecule has 0 saturated carbocycles. The van der Waals surface area contributed by atoms with Gasteiger partial charge in [-0.05, 0) is 36.2 Å². The summed E-state index contributed by atoms with van der Waals surface area (Å²) in [6, 6.07) is 8.62. The minimum Gasteiger partial charge on any atom is -0.348 e. The maximum atomic E-state index is 14.9. The van der Waals surface area contributed by atoms with Gasteiger partial charge in [0.25, 0.3) is 5.91 Å². The molecule has 0 radical (unpaired) electrons. The molecule has 7 nitrogen and oxygen atoms in total. The summed E-state index contributed by atoms with van der Waals surface area (Å²) in [5, 5.41) is 2.38. The highest BCUT2D eigenvalue weighted by Crippen LogP contribution is 2.38. The molecule has 1 N–H and O–H groups in total. The van der Waals surface area contributed by atoms with Crippen molar-refractivity contribution >= 4 is 27.5 Å². The fourth-order valence-electron chi connectivity index (χ4n) is 4.46. The molecule has 39 heavy (non-hydrogen) atoms. The Hall–Kier alpha value is -3.93. The van der Waals surface area contributed by atoms with Gasteiger partial charge in [0.15, 0.2) is 9.84 Å². The van der Waals surface area contributed by atoms with Gasteiger partial charge in [-0.1, -0.05) is 18.2 Å². The Balaban J connectivity index is 1.68. The van der Waals surface area contributed by atoms with Gasteiger partial charge in [-0.3, -0.25) is 9.69 Å². The van der Waals surface area contributed by atoms with E-state index in [1.165, 1.54) is 40.1 Å². The number of amides is 3. The van der Waals surface area contributed by atoms with Crippen LogP contribution in [0.3, 0.4) is 0 Å². The lowest BCUT2D eigenvalue weighted by molar-refractivity contribution is 0.0950. The van der Waals surface area contributed by atoms with Gasteiger partial charge in [-0.2, -0.15) is 0 Å². The van der Waals surface area contributed by atoms with Crippen molar-refractivity contribution in [2.24, 2.45) is 0 Å². The lowest BCUT2D eigenvalue weighted by atomic mass is 9.97. The molecule has 1 heterocycles. The number of benzene rings is 3. The van der Waals surface area contributed by atoms with Crippen molar-refractivity contribution in [2.45, 2.75) is 31.8 Å². The van der Waals surface area contributed by atoms with Gasteiger partial charge >= 0.3 is 6.03 Å². The Kier molecular flexibility index (Phi) is 7.69. The molecule has 12 heteroatoms. The van der Waals surface area contributed by atoms with E-state index in [2.05, 4.69) is 5.32 Å². The van der Waals surface area contributed by atoms with E-state index in [1.54, 1.807) is 20.0 Å². The Morgan fingerprint density at radius 1 is 0.974 bits per heavy atom. The van der Waals surface area contributed by atoms with Crippen LogP contribution in [0, 0.1) is 23.3 Å². The van der Waals surface area contributed by atoms with Gasteiger partial charge in [0, 0.05) is 48.7 Å². The Morgan fingerprint density at radius 3 is 2.28 bits per heavy atom. The zero-order valence-corrected chi connectivity index (χ0v) is 22.1. The third-order valence-electron chi connectivity index (χ3n) is 6.63. The third kappa shape index (κ3) is 5.90. The van der Waals surface area contributed by atoms with Gasteiger partial charge < -0.3 is 10.2 Å². The maximum absolute atomic E-state index is 14.9. The molecule has 3 aromatic carbocycles. The number of carbonyl (C=O) groups is 2. The number of nitrogens with one attached hydrogen (secondary N) is 1. The van der Waals surface area contributed by atoms with Crippen LogP contribution in [0.1, 0.15) is 45.6 Å². The Bertz CT molecular complexity index is 1560. The molecule has 4 rings (SSSR count). The first-order valence-electron chi connectivity index (χ1n) is 11.8. The van der Waals surface area contributed by atoms with E-state index in [0.717, 1.165) is 6.26 Å². The van der Waals surface area contributed by atoms with Crippen molar-refractivity contribution in [1.82, 2.24) is 10.2 Å². The van der Waals surface area contributed by atoms with Gasteiger partial charge in [0.2, 0.25) is 0 Å². The molecular formula is C27H25F4N3O4S. The van der Waals surface area contributed by atoms with Gasteiger partial charge in [-0.15, -0.1) is 0 Å². The van der Waals surface area contributed by atoms with E-state index in [1.807, 2.05) is 0 Å². The SMILES string of the molecule is CC1c2ccc(C(=O)NCc3c(F)cc(F)cc3F)cc2N(Cc2c(F)cccc2CS(C)(=O)=O)C(=O)N1C. The maximum Gasteiger partial charge on any atom is 0.325 e. The van der Waals surface area contributed by atoms with Crippen molar-refractivity contribution in [3.05, 3.63) is 99.6 Å². The first kappa shape index (κ1) is 28.1. The molecule has 1 unspecified atom stereocenters. The number of hydrogen-bond acceptors (Lipinski definition) is 4. The molecule has 0 aromatic heterocycles. The first-order valence-corrected chi connectivity index (χ1v) is 13.9. The quantitative estimate of drug-likeness (QED) is 0.417. The van der Waals surface area contributed by atoms with E-state index in [-0.39, 0.29) is 23.2 Å². The van der Waals surface area contributed by atoms with E-state index in [9.17, 15) is 35.6 Å². The van der Waals surface area contributed by atoms with Crippen molar-refractivity contribution in [3.63, 3.8) is 0 Å². The van der Waals surface area contributed by atoms with Crippen LogP contribution in [0.4, 0.5) is 28.0 Å². The summed E-state index contributed by atoms with van der Waals surface area (Å²) in [5.41, 5.74) is 0.688. The van der Waals surface area contributed by atoms with E-state index in [0.29, 0.717) is 23.4 Å². The van der Waals surface area contributed by atoms with E-state index in [4.69, 9.17) is 0 Å². The Morgan fingerprint density at radius 2 is 1.64 bits per heavy atom. The van der Waals surface area contributed by atoms with E-state index >= 15 is 0 Å². The van der Waals surface area contributed by atoms with Crippen LogP contribution in [0.2, 0.25) is 0 Å². The minimum absolute atomic E-state index is 0.0160. The minimum atomic E-state index is -3.51. The average Bonchev–Trinajstić information content (AvgIpc) is 2.84. The summed E-state index contributed by atoms with van der Waals surface area (Å²) in [4.78, 5) is 28.9. The molecule has 1 aliphatic rings. The van der Waals surface area contributed by atoms with Gasteiger partial charge in [-0.25, -0.2) is 30.8 Å². The molecule has 1 atom stereocenters. The van der Waals surface area contributed by atoms with Crippen LogP contribution in [0.5, 0.6) is 0 Å². The zero-order valence-electron chi connectivity index (χ0n) is 21.3. The van der Waals surface area contributed by atoms with E-state index < -0.39 is 68.9 Å². The van der Waals surface area contributed by atoms with Crippen LogP contribution in [-0.2, 0) is 28.7 Å². The first-order chi connectivity index (χ1) is 18.3. The van der Waals surface area contributed by atoms with Crippen LogP contribution < -0.4 is 10.2 Å². The fourth-order valence-corrected chi connectivity index (χ4v) is 5.30. The van der Waals surface area contributed by atoms with Gasteiger partial charge in [0.05, 0.1) is 24.0 Å². The van der Waals surface area contributed by atoms with Crippen LogP contribution in [0.15, 0.2) is 48.5 Å². The van der Waals surface area contributed by atoms with Crippen LogP contribution >= 0.6 is 0 Å². The highest BCUT2D eigenvalue weighted by molar-refractivity contribution is 7.89. The predicted octanol–water partition coefficient (Wildman–Crippen LogP) is 4.85. The third-order valence-corrected chi connectivity index (χ3v) is 7.46.